The molecule has 4 rings (SSSR count). The number of hydrogen-bond donors (Lipinski definition) is 2. The first kappa shape index (κ1) is 17.0. The highest BCUT2D eigenvalue weighted by Gasteiger charge is 2.29. The number of fused-ring (bicyclic) bond motifs is 1. The standard InChI is InChI=1S/C19H18N4O4/c24-18(12-5-7-20-8-6-12)22-13-3-4-16-15(10-13)17(23-27-16)19(25)21-11-14-2-1-9-26-14/h1-2,5-9,13H,3-4,10-11H2,(H,21,25)(H,22,24). The first-order chi connectivity index (χ1) is 13.2. The molecular weight excluding hydrogens is 348 g/mol. The van der Waals surface area contributed by atoms with E-state index in [-0.39, 0.29) is 30.1 Å². The molecule has 0 aromatic carbocycles. The quantitative estimate of drug-likeness (QED) is 0.713. The molecule has 3 aromatic rings. The van der Waals surface area contributed by atoms with E-state index < -0.39 is 0 Å². The van der Waals surface area contributed by atoms with Crippen LogP contribution < -0.4 is 10.6 Å². The molecule has 0 saturated carbocycles. The van der Waals surface area contributed by atoms with Crippen LogP contribution in [0.1, 0.15) is 44.4 Å². The number of furan rings is 1. The van der Waals surface area contributed by atoms with Crippen LogP contribution in [0.25, 0.3) is 0 Å². The predicted molar refractivity (Wildman–Crippen MR) is 93.9 cm³/mol. The molecule has 0 aliphatic heterocycles. The number of rotatable bonds is 5. The van der Waals surface area contributed by atoms with Crippen LogP contribution in [0.5, 0.6) is 0 Å². The number of aryl methyl sites for hydroxylation is 1. The smallest absolute Gasteiger partial charge is 0.274 e. The molecule has 1 atom stereocenters. The summed E-state index contributed by atoms with van der Waals surface area (Å²) in [7, 11) is 0. The van der Waals surface area contributed by atoms with Crippen LogP contribution in [0.15, 0.2) is 51.9 Å². The predicted octanol–water partition coefficient (Wildman–Crippen LogP) is 1.88. The summed E-state index contributed by atoms with van der Waals surface area (Å²) in [6, 6.07) is 6.78. The summed E-state index contributed by atoms with van der Waals surface area (Å²) >= 11 is 0. The minimum Gasteiger partial charge on any atom is -0.467 e. The lowest BCUT2D eigenvalue weighted by Gasteiger charge is -2.22. The Morgan fingerprint density at radius 2 is 2.04 bits per heavy atom. The van der Waals surface area contributed by atoms with Crippen molar-refractivity contribution < 1.29 is 18.5 Å². The fourth-order valence-electron chi connectivity index (χ4n) is 3.14. The van der Waals surface area contributed by atoms with Gasteiger partial charge in [0, 0.05) is 36.0 Å². The zero-order valence-electron chi connectivity index (χ0n) is 14.5. The molecule has 2 N–H and O–H groups in total. The molecule has 0 radical (unpaired) electrons. The van der Waals surface area contributed by atoms with Crippen LogP contribution in [0.3, 0.4) is 0 Å². The molecule has 8 heteroatoms. The Labute approximate surface area is 154 Å². The third kappa shape index (κ3) is 3.74. The first-order valence-electron chi connectivity index (χ1n) is 8.69. The van der Waals surface area contributed by atoms with Gasteiger partial charge in [0.05, 0.1) is 12.8 Å². The molecule has 0 bridgehead atoms. The van der Waals surface area contributed by atoms with Crippen molar-refractivity contribution in [2.75, 3.05) is 0 Å². The van der Waals surface area contributed by atoms with Crippen molar-refractivity contribution in [2.24, 2.45) is 0 Å². The van der Waals surface area contributed by atoms with Gasteiger partial charge in [-0.3, -0.25) is 14.6 Å². The summed E-state index contributed by atoms with van der Waals surface area (Å²) < 4.78 is 10.5. The molecule has 3 heterocycles. The Hall–Kier alpha value is -3.42. The van der Waals surface area contributed by atoms with Crippen molar-refractivity contribution in [2.45, 2.75) is 31.8 Å². The largest absolute Gasteiger partial charge is 0.467 e. The normalized spacial score (nSPS) is 15.8. The van der Waals surface area contributed by atoms with E-state index in [1.54, 1.807) is 42.9 Å². The highest BCUT2D eigenvalue weighted by molar-refractivity contribution is 5.95. The fourth-order valence-corrected chi connectivity index (χ4v) is 3.14. The van der Waals surface area contributed by atoms with Crippen LogP contribution in [0.4, 0.5) is 0 Å². The van der Waals surface area contributed by atoms with Gasteiger partial charge in [0.2, 0.25) is 0 Å². The van der Waals surface area contributed by atoms with Gasteiger partial charge < -0.3 is 19.6 Å². The zero-order chi connectivity index (χ0) is 18.6. The molecule has 2 amide bonds. The third-order valence-corrected chi connectivity index (χ3v) is 4.54. The van der Waals surface area contributed by atoms with E-state index in [0.717, 1.165) is 12.0 Å². The summed E-state index contributed by atoms with van der Waals surface area (Å²) in [5.74, 6) is 0.874. The molecule has 0 fully saturated rings. The second kappa shape index (κ2) is 7.45. The third-order valence-electron chi connectivity index (χ3n) is 4.54. The second-order valence-electron chi connectivity index (χ2n) is 6.34. The maximum atomic E-state index is 12.5. The van der Waals surface area contributed by atoms with Crippen molar-refractivity contribution in [1.82, 2.24) is 20.8 Å². The molecule has 0 spiro atoms. The molecule has 3 aromatic heterocycles. The molecule has 27 heavy (non-hydrogen) atoms. The molecule has 1 aliphatic carbocycles. The van der Waals surface area contributed by atoms with Crippen molar-refractivity contribution in [3.8, 4) is 0 Å². The van der Waals surface area contributed by atoms with E-state index in [4.69, 9.17) is 8.94 Å². The maximum Gasteiger partial charge on any atom is 0.274 e. The lowest BCUT2D eigenvalue weighted by atomic mass is 9.91. The second-order valence-corrected chi connectivity index (χ2v) is 6.34. The number of nitrogens with zero attached hydrogens (tertiary/aromatic N) is 2. The first-order valence-corrected chi connectivity index (χ1v) is 8.69. The fraction of sp³-hybridized carbons (Fsp3) is 0.263. The van der Waals surface area contributed by atoms with Crippen LogP contribution >= 0.6 is 0 Å². The summed E-state index contributed by atoms with van der Waals surface area (Å²) in [5, 5.41) is 9.70. The molecule has 8 nitrogen and oxygen atoms in total. The van der Waals surface area contributed by atoms with Gasteiger partial charge in [-0.15, -0.1) is 0 Å². The lowest BCUT2D eigenvalue weighted by molar-refractivity contribution is 0.0930. The highest BCUT2D eigenvalue weighted by Crippen LogP contribution is 2.25. The van der Waals surface area contributed by atoms with E-state index in [1.807, 2.05) is 0 Å². The number of aromatic nitrogens is 2. The topological polar surface area (TPSA) is 110 Å². The Morgan fingerprint density at radius 1 is 1.19 bits per heavy atom. The van der Waals surface area contributed by atoms with Gasteiger partial charge in [-0.2, -0.15) is 0 Å². The summed E-state index contributed by atoms with van der Waals surface area (Å²) in [6.45, 7) is 0.273. The van der Waals surface area contributed by atoms with E-state index in [9.17, 15) is 9.59 Å². The number of carbonyl (C=O) groups is 2. The Bertz CT molecular complexity index is 934. The van der Waals surface area contributed by atoms with Crippen molar-refractivity contribution in [3.63, 3.8) is 0 Å². The van der Waals surface area contributed by atoms with E-state index >= 15 is 0 Å². The number of carbonyl (C=O) groups excluding carboxylic acids is 2. The Kier molecular flexibility index (Phi) is 4.69. The van der Waals surface area contributed by atoms with Crippen molar-refractivity contribution in [1.29, 1.82) is 0 Å². The average molecular weight is 366 g/mol. The van der Waals surface area contributed by atoms with Crippen LogP contribution in [0.2, 0.25) is 0 Å². The zero-order valence-corrected chi connectivity index (χ0v) is 14.5. The van der Waals surface area contributed by atoms with Gasteiger partial charge >= 0.3 is 0 Å². The van der Waals surface area contributed by atoms with Crippen LogP contribution in [-0.2, 0) is 19.4 Å². The van der Waals surface area contributed by atoms with E-state index in [0.29, 0.717) is 29.9 Å². The summed E-state index contributed by atoms with van der Waals surface area (Å²) in [6.07, 6.45) is 6.56. The Morgan fingerprint density at radius 3 is 2.81 bits per heavy atom. The van der Waals surface area contributed by atoms with Crippen molar-refractivity contribution in [3.05, 3.63) is 71.3 Å². The minimum absolute atomic E-state index is 0.0887. The SMILES string of the molecule is O=C(NC1CCc2onc(C(=O)NCc3ccco3)c2C1)c1ccncc1. The van der Waals surface area contributed by atoms with Gasteiger partial charge in [-0.1, -0.05) is 5.16 Å². The average Bonchev–Trinajstić information content (AvgIpc) is 3.36. The van der Waals surface area contributed by atoms with Gasteiger partial charge in [0.15, 0.2) is 5.69 Å². The monoisotopic (exact) mass is 366 g/mol. The number of amides is 2. The molecule has 138 valence electrons. The maximum absolute atomic E-state index is 12.5. The van der Waals surface area contributed by atoms with Crippen LogP contribution in [-0.4, -0.2) is 28.0 Å². The molecule has 0 saturated heterocycles. The Balaban J connectivity index is 1.42. The number of pyridine rings is 1. The highest BCUT2D eigenvalue weighted by atomic mass is 16.5. The van der Waals surface area contributed by atoms with E-state index in [2.05, 4.69) is 20.8 Å². The number of nitrogens with one attached hydrogen (secondary N) is 2. The molecular formula is C19H18N4O4. The van der Waals surface area contributed by atoms with Crippen LogP contribution in [0, 0.1) is 0 Å². The minimum atomic E-state index is -0.322. The lowest BCUT2D eigenvalue weighted by Crippen LogP contribution is -2.39. The summed E-state index contributed by atoms with van der Waals surface area (Å²) in [4.78, 5) is 28.7. The number of hydrogen-bond acceptors (Lipinski definition) is 6. The van der Waals surface area contributed by atoms with Gasteiger partial charge in [0.1, 0.15) is 11.5 Å². The van der Waals surface area contributed by atoms with Gasteiger partial charge in [-0.25, -0.2) is 0 Å². The van der Waals surface area contributed by atoms with Crippen molar-refractivity contribution >= 4 is 11.8 Å². The molecule has 1 aliphatic rings. The molecule has 1 unspecified atom stereocenters. The van der Waals surface area contributed by atoms with Gasteiger partial charge in [0.25, 0.3) is 11.8 Å². The van der Waals surface area contributed by atoms with E-state index in [1.165, 1.54) is 0 Å². The summed E-state index contributed by atoms with van der Waals surface area (Å²) in [5.41, 5.74) is 1.56. The van der Waals surface area contributed by atoms with Gasteiger partial charge in [-0.05, 0) is 37.1 Å².